The number of anilines is 1. The quantitative estimate of drug-likeness (QED) is 0.386. The number of thioether (sulfide) groups is 1. The van der Waals surface area contributed by atoms with E-state index in [-0.39, 0.29) is 17.5 Å². The fourth-order valence-corrected chi connectivity index (χ4v) is 3.50. The summed E-state index contributed by atoms with van der Waals surface area (Å²) in [6.45, 7) is 0. The van der Waals surface area contributed by atoms with Gasteiger partial charge >= 0.3 is 0 Å². The predicted octanol–water partition coefficient (Wildman–Crippen LogP) is 3.69. The van der Waals surface area contributed by atoms with E-state index in [0.717, 1.165) is 5.39 Å². The molecule has 2 aromatic heterocycles. The van der Waals surface area contributed by atoms with E-state index >= 15 is 0 Å². The molecule has 0 saturated heterocycles. The van der Waals surface area contributed by atoms with E-state index in [1.807, 2.05) is 0 Å². The Balaban J connectivity index is 1.49. The Morgan fingerprint density at radius 1 is 1.21 bits per heavy atom. The molecule has 0 spiro atoms. The van der Waals surface area contributed by atoms with Gasteiger partial charge in [0.15, 0.2) is 5.65 Å². The lowest BCUT2D eigenvalue weighted by molar-refractivity contribution is -0.113. The smallest absolute Gasteiger partial charge is 0.234 e. The van der Waals surface area contributed by atoms with Gasteiger partial charge in [0.25, 0.3) is 0 Å². The van der Waals surface area contributed by atoms with Gasteiger partial charge < -0.3 is 10.1 Å². The number of nitrogens with one attached hydrogen (secondary N) is 1. The number of hydrogen-bond acceptors (Lipinski definition) is 6. The second-order valence-corrected chi connectivity index (χ2v) is 6.98. The summed E-state index contributed by atoms with van der Waals surface area (Å²) < 4.78 is 19.9. The van der Waals surface area contributed by atoms with Gasteiger partial charge in [0.05, 0.1) is 30.1 Å². The molecule has 1 N–H and O–H groups in total. The number of methoxy groups -OCH3 is 1. The van der Waals surface area contributed by atoms with Crippen molar-refractivity contribution < 1.29 is 13.9 Å². The average molecular weight is 409 g/mol. The highest BCUT2D eigenvalue weighted by Crippen LogP contribution is 2.26. The fourth-order valence-electron chi connectivity index (χ4n) is 2.74. The van der Waals surface area contributed by atoms with Crippen molar-refractivity contribution in [3.63, 3.8) is 0 Å². The molecular formula is C20H16FN5O2S. The Hall–Kier alpha value is -3.46. The third-order valence-corrected chi connectivity index (χ3v) is 5.10. The van der Waals surface area contributed by atoms with Crippen LogP contribution < -0.4 is 10.1 Å². The number of rotatable bonds is 6. The molecule has 4 rings (SSSR count). The zero-order valence-corrected chi connectivity index (χ0v) is 16.2. The van der Waals surface area contributed by atoms with Crippen LogP contribution in [0.25, 0.3) is 16.7 Å². The number of benzene rings is 2. The van der Waals surface area contributed by atoms with E-state index in [9.17, 15) is 9.18 Å². The second-order valence-electron chi connectivity index (χ2n) is 6.02. The van der Waals surface area contributed by atoms with Crippen LogP contribution in [0.15, 0.2) is 66.1 Å². The molecule has 146 valence electrons. The van der Waals surface area contributed by atoms with Gasteiger partial charge in [0.2, 0.25) is 5.91 Å². The minimum absolute atomic E-state index is 0.166. The number of halogens is 1. The van der Waals surface area contributed by atoms with Crippen molar-refractivity contribution in [1.82, 2.24) is 19.7 Å². The lowest BCUT2D eigenvalue weighted by atomic mass is 10.3. The SMILES string of the molecule is COc1cccc(NC(=O)CSc2ncnc3c2cnn3-c2ccc(F)cc2)c1. The molecular weight excluding hydrogens is 393 g/mol. The van der Waals surface area contributed by atoms with E-state index in [4.69, 9.17) is 4.74 Å². The summed E-state index contributed by atoms with van der Waals surface area (Å²) in [7, 11) is 1.57. The lowest BCUT2D eigenvalue weighted by Crippen LogP contribution is -2.14. The van der Waals surface area contributed by atoms with Crippen LogP contribution in [0.4, 0.5) is 10.1 Å². The molecule has 0 bridgehead atoms. The monoisotopic (exact) mass is 409 g/mol. The largest absolute Gasteiger partial charge is 0.497 e. The minimum Gasteiger partial charge on any atom is -0.497 e. The number of amides is 1. The van der Waals surface area contributed by atoms with E-state index in [1.54, 1.807) is 54.4 Å². The van der Waals surface area contributed by atoms with Crippen molar-refractivity contribution in [2.24, 2.45) is 0 Å². The third kappa shape index (κ3) is 4.19. The van der Waals surface area contributed by atoms with Crippen molar-refractivity contribution in [2.45, 2.75) is 5.03 Å². The molecule has 0 aliphatic heterocycles. The van der Waals surface area contributed by atoms with Crippen molar-refractivity contribution in [2.75, 3.05) is 18.2 Å². The maximum absolute atomic E-state index is 13.2. The Labute approximate surface area is 169 Å². The van der Waals surface area contributed by atoms with Crippen LogP contribution in [0.3, 0.4) is 0 Å². The van der Waals surface area contributed by atoms with Crippen molar-refractivity contribution in [3.8, 4) is 11.4 Å². The van der Waals surface area contributed by atoms with Crippen molar-refractivity contribution >= 4 is 34.4 Å². The number of aromatic nitrogens is 4. The van der Waals surface area contributed by atoms with Crippen molar-refractivity contribution in [3.05, 3.63) is 66.9 Å². The summed E-state index contributed by atoms with van der Waals surface area (Å²) in [5.74, 6) is 0.352. The van der Waals surface area contributed by atoms with Crippen LogP contribution in [0.2, 0.25) is 0 Å². The third-order valence-electron chi connectivity index (χ3n) is 4.09. The first-order chi connectivity index (χ1) is 14.1. The van der Waals surface area contributed by atoms with Crippen LogP contribution in [-0.4, -0.2) is 38.5 Å². The van der Waals surface area contributed by atoms with Gasteiger partial charge in [-0.3, -0.25) is 4.79 Å². The Kier molecular flexibility index (Phi) is 5.39. The molecule has 0 aliphatic rings. The molecule has 0 saturated carbocycles. The number of ether oxygens (including phenoxy) is 1. The molecule has 0 fully saturated rings. The van der Waals surface area contributed by atoms with Crippen LogP contribution in [0, 0.1) is 5.82 Å². The molecule has 0 radical (unpaired) electrons. The first kappa shape index (κ1) is 18.9. The Morgan fingerprint density at radius 3 is 2.83 bits per heavy atom. The molecule has 9 heteroatoms. The van der Waals surface area contributed by atoms with E-state index in [1.165, 1.54) is 30.2 Å². The van der Waals surface area contributed by atoms with Crippen LogP contribution in [0.1, 0.15) is 0 Å². The molecule has 0 atom stereocenters. The Morgan fingerprint density at radius 2 is 2.03 bits per heavy atom. The molecule has 2 aromatic carbocycles. The number of fused-ring (bicyclic) bond motifs is 1. The summed E-state index contributed by atoms with van der Waals surface area (Å²) in [5.41, 5.74) is 1.93. The molecule has 29 heavy (non-hydrogen) atoms. The molecule has 1 amide bonds. The van der Waals surface area contributed by atoms with Gasteiger partial charge in [0.1, 0.15) is 22.9 Å². The zero-order valence-electron chi connectivity index (χ0n) is 15.4. The maximum Gasteiger partial charge on any atom is 0.234 e. The van der Waals surface area contributed by atoms with Crippen LogP contribution in [0.5, 0.6) is 5.75 Å². The highest BCUT2D eigenvalue weighted by Gasteiger charge is 2.13. The molecule has 4 aromatic rings. The summed E-state index contributed by atoms with van der Waals surface area (Å²) in [4.78, 5) is 20.9. The topological polar surface area (TPSA) is 81.9 Å². The van der Waals surface area contributed by atoms with Gasteiger partial charge in [-0.05, 0) is 36.4 Å². The molecule has 7 nitrogen and oxygen atoms in total. The maximum atomic E-state index is 13.2. The average Bonchev–Trinajstić information content (AvgIpc) is 3.18. The molecule has 0 aliphatic carbocycles. The number of hydrogen-bond donors (Lipinski definition) is 1. The summed E-state index contributed by atoms with van der Waals surface area (Å²) in [6.07, 6.45) is 3.06. The first-order valence-electron chi connectivity index (χ1n) is 8.65. The highest BCUT2D eigenvalue weighted by atomic mass is 32.2. The standard InChI is InChI=1S/C20H16FN5O2S/c1-28-16-4-2-3-14(9-16)25-18(27)11-29-20-17-10-24-26(19(17)22-12-23-20)15-7-5-13(21)6-8-15/h2-10,12H,11H2,1H3,(H,25,27). The lowest BCUT2D eigenvalue weighted by Gasteiger charge is -2.07. The fraction of sp³-hybridized carbons (Fsp3) is 0.100. The highest BCUT2D eigenvalue weighted by molar-refractivity contribution is 8.00. The number of carbonyl (C=O) groups is 1. The van der Waals surface area contributed by atoms with E-state index < -0.39 is 0 Å². The van der Waals surface area contributed by atoms with Crippen molar-refractivity contribution in [1.29, 1.82) is 0 Å². The number of nitrogens with zero attached hydrogens (tertiary/aromatic N) is 4. The van der Waals surface area contributed by atoms with Crippen LogP contribution in [-0.2, 0) is 4.79 Å². The van der Waals surface area contributed by atoms with Gasteiger partial charge in [-0.25, -0.2) is 19.0 Å². The first-order valence-corrected chi connectivity index (χ1v) is 9.64. The summed E-state index contributed by atoms with van der Waals surface area (Å²) >= 11 is 1.29. The zero-order chi connectivity index (χ0) is 20.2. The van der Waals surface area contributed by atoms with Gasteiger partial charge in [-0.1, -0.05) is 17.8 Å². The summed E-state index contributed by atoms with van der Waals surface area (Å²) in [5, 5.41) is 8.53. The Bertz CT molecular complexity index is 1160. The van der Waals surface area contributed by atoms with Gasteiger partial charge in [-0.15, -0.1) is 0 Å². The number of carbonyl (C=O) groups excluding carboxylic acids is 1. The van der Waals surface area contributed by atoms with E-state index in [2.05, 4.69) is 20.4 Å². The second kappa shape index (κ2) is 8.27. The van der Waals surface area contributed by atoms with Gasteiger partial charge in [-0.2, -0.15) is 5.10 Å². The molecule has 2 heterocycles. The van der Waals surface area contributed by atoms with Gasteiger partial charge in [0, 0.05) is 11.8 Å². The van der Waals surface area contributed by atoms with E-state index in [0.29, 0.717) is 27.8 Å². The summed E-state index contributed by atoms with van der Waals surface area (Å²) in [6, 6.07) is 13.1. The normalized spacial score (nSPS) is 10.8. The predicted molar refractivity (Wildman–Crippen MR) is 109 cm³/mol. The molecule has 0 unspecified atom stereocenters. The minimum atomic E-state index is -0.321. The van der Waals surface area contributed by atoms with Crippen LogP contribution >= 0.6 is 11.8 Å².